The van der Waals surface area contributed by atoms with Crippen LogP contribution in [0.4, 0.5) is 5.82 Å². The van der Waals surface area contributed by atoms with Gasteiger partial charge in [0.25, 0.3) is 0 Å². The molecule has 1 aliphatic carbocycles. The third-order valence-electron chi connectivity index (χ3n) is 7.95. The van der Waals surface area contributed by atoms with Crippen LogP contribution in [0.5, 0.6) is 0 Å². The van der Waals surface area contributed by atoms with Gasteiger partial charge in [0.15, 0.2) is 29.1 Å². The maximum absolute atomic E-state index is 12.0. The van der Waals surface area contributed by atoms with Gasteiger partial charge in [-0.3, -0.25) is 13.7 Å². The van der Waals surface area contributed by atoms with E-state index in [0.717, 1.165) is 31.8 Å². The Morgan fingerprint density at radius 1 is 1.00 bits per heavy atom. The smallest absolute Gasteiger partial charge is 0.340 e. The summed E-state index contributed by atoms with van der Waals surface area (Å²) in [6.45, 7) is 0.937. The number of aromatic nitrogens is 4. The van der Waals surface area contributed by atoms with Gasteiger partial charge in [-0.05, 0) is 36.3 Å². The minimum atomic E-state index is -4.82. The van der Waals surface area contributed by atoms with Crippen LogP contribution in [0.15, 0.2) is 6.33 Å². The van der Waals surface area contributed by atoms with Crippen molar-refractivity contribution in [1.29, 1.82) is 0 Å². The average molecular weight is 610 g/mol. The number of hydrogen-bond acceptors (Lipinski definition) is 10. The number of imidazole rings is 1. The first kappa shape index (κ1) is 29.3. The van der Waals surface area contributed by atoms with E-state index in [2.05, 4.69) is 19.9 Å². The fourth-order valence-corrected chi connectivity index (χ4v) is 8.76. The van der Waals surface area contributed by atoms with Gasteiger partial charge in [0.2, 0.25) is 5.28 Å². The van der Waals surface area contributed by atoms with Gasteiger partial charge in [0, 0.05) is 13.1 Å². The van der Waals surface area contributed by atoms with Crippen molar-refractivity contribution in [3.8, 4) is 0 Å². The lowest BCUT2D eigenvalue weighted by molar-refractivity contribution is -0.0483. The minimum absolute atomic E-state index is 0.0137. The Labute approximate surface area is 230 Å². The van der Waals surface area contributed by atoms with Crippen molar-refractivity contribution in [2.75, 3.05) is 30.5 Å². The van der Waals surface area contributed by atoms with Crippen molar-refractivity contribution in [3.63, 3.8) is 0 Å². The largest absolute Gasteiger partial charge is 0.387 e. The molecule has 5 atom stereocenters. The number of hydrogen-bond donors (Lipinski definition) is 5. The topological polar surface area (TPSA) is 201 Å². The summed E-state index contributed by atoms with van der Waals surface area (Å²) in [7, 11) is -9.49. The lowest BCUT2D eigenvalue weighted by Crippen LogP contribution is -2.37. The number of anilines is 1. The number of ether oxygens (including phenoxy) is 1. The number of aliphatic hydroxyl groups excluding tert-OH is 2. The first-order valence-electron chi connectivity index (χ1n) is 13.1. The maximum Gasteiger partial charge on any atom is 0.340 e. The van der Waals surface area contributed by atoms with E-state index in [-0.39, 0.29) is 10.9 Å². The molecule has 2 aromatic rings. The molecule has 2 aromatic heterocycles. The molecule has 2 aliphatic heterocycles. The molecule has 0 bridgehead atoms. The molecule has 17 heteroatoms. The number of nitrogens with zero attached hydrogens (tertiary/aromatic N) is 5. The standard InChI is InChI=1S/C22H34ClN5O9P2/c23-22-25-19(27-8-6-14(7-9-27)13-4-2-1-3-5-13)16-20(26-22)28(11-24-16)21-18(30)17(29)15(37-21)10-36-39(34,35)12-38(31,32)33/h11,13-15,17-18,21,29-30H,1-10,12H2,(H,34,35)(H2,31,32,33)/t15-,17+,18?,21-/m1/s1. The van der Waals surface area contributed by atoms with E-state index in [0.29, 0.717) is 17.3 Å². The van der Waals surface area contributed by atoms with Crippen LogP contribution in [0.3, 0.4) is 0 Å². The molecule has 4 heterocycles. The lowest BCUT2D eigenvalue weighted by atomic mass is 9.76. The summed E-state index contributed by atoms with van der Waals surface area (Å²) >= 11 is 6.29. The molecule has 3 aliphatic rings. The Hall–Kier alpha value is -1.18. The van der Waals surface area contributed by atoms with E-state index in [4.69, 9.17) is 30.6 Å². The Balaban J connectivity index is 1.30. The third kappa shape index (κ3) is 6.67. The summed E-state index contributed by atoms with van der Waals surface area (Å²) in [6, 6.07) is 0. The lowest BCUT2D eigenvalue weighted by Gasteiger charge is -2.38. The molecular weight excluding hydrogens is 576 g/mol. The fraction of sp³-hybridized carbons (Fsp3) is 0.773. The zero-order valence-corrected chi connectivity index (χ0v) is 23.7. The van der Waals surface area contributed by atoms with Gasteiger partial charge in [0.05, 0.1) is 12.9 Å². The van der Waals surface area contributed by atoms with Gasteiger partial charge < -0.3 is 39.1 Å². The van der Waals surface area contributed by atoms with E-state index in [1.807, 2.05) is 0 Å². The van der Waals surface area contributed by atoms with Gasteiger partial charge in [-0.15, -0.1) is 0 Å². The van der Waals surface area contributed by atoms with Crippen molar-refractivity contribution in [2.45, 2.75) is 69.5 Å². The summed E-state index contributed by atoms with van der Waals surface area (Å²) in [5.74, 6) is 0.690. The molecule has 1 saturated carbocycles. The normalized spacial score (nSPS) is 29.2. The highest BCUT2D eigenvalue weighted by atomic mass is 35.5. The quantitative estimate of drug-likeness (QED) is 0.216. The van der Waals surface area contributed by atoms with Crippen LogP contribution in [-0.2, 0) is 18.4 Å². The number of piperidine rings is 1. The van der Waals surface area contributed by atoms with E-state index in [1.54, 1.807) is 0 Å². The summed E-state index contributed by atoms with van der Waals surface area (Å²) < 4.78 is 35.0. The second-order valence-electron chi connectivity index (χ2n) is 10.6. The van der Waals surface area contributed by atoms with Gasteiger partial charge in [-0.1, -0.05) is 32.1 Å². The first-order valence-corrected chi connectivity index (χ1v) is 17.0. The molecule has 218 valence electrons. The summed E-state index contributed by atoms with van der Waals surface area (Å²) in [5.41, 5.74) is 0.744. The molecule has 3 fully saturated rings. The molecule has 0 amide bonds. The van der Waals surface area contributed by atoms with Gasteiger partial charge in [-0.25, -0.2) is 4.98 Å². The molecule has 2 unspecified atom stereocenters. The maximum atomic E-state index is 12.0. The second kappa shape index (κ2) is 11.6. The van der Waals surface area contributed by atoms with Crippen LogP contribution in [0.2, 0.25) is 5.28 Å². The Morgan fingerprint density at radius 3 is 2.33 bits per heavy atom. The van der Waals surface area contributed by atoms with E-state index < -0.39 is 52.2 Å². The summed E-state index contributed by atoms with van der Waals surface area (Å²) in [6.07, 6.45) is 4.61. The highest BCUT2D eigenvalue weighted by molar-refractivity contribution is 7.70. The highest BCUT2D eigenvalue weighted by Crippen LogP contribution is 2.55. The number of aliphatic hydroxyl groups is 2. The van der Waals surface area contributed by atoms with Gasteiger partial charge in [-0.2, -0.15) is 9.97 Å². The molecule has 5 rings (SSSR count). The Morgan fingerprint density at radius 2 is 1.67 bits per heavy atom. The van der Waals surface area contributed by atoms with Crippen LogP contribution < -0.4 is 4.90 Å². The Kier molecular flexibility index (Phi) is 8.72. The SMILES string of the molecule is O=P(O)(O)CP(=O)(O)OC[C@H]1O[C@@H](n2cnc3c(N4CCC(C5CCCCC5)CC4)nc(Cl)nc32)C(O)[C@H]1O. The number of fused-ring (bicyclic) bond motifs is 1. The van der Waals surface area contributed by atoms with Crippen LogP contribution in [0.1, 0.15) is 51.2 Å². The fourth-order valence-electron chi connectivity index (χ4n) is 6.03. The highest BCUT2D eigenvalue weighted by Gasteiger charge is 2.46. The Bertz CT molecular complexity index is 1260. The summed E-state index contributed by atoms with van der Waals surface area (Å²) in [5, 5.41) is 21.2. The summed E-state index contributed by atoms with van der Waals surface area (Å²) in [4.78, 5) is 43.0. The molecular formula is C22H34ClN5O9P2. The zero-order valence-electron chi connectivity index (χ0n) is 21.2. The van der Waals surface area contributed by atoms with Crippen LogP contribution >= 0.6 is 26.8 Å². The van der Waals surface area contributed by atoms with E-state index in [9.17, 15) is 24.2 Å². The predicted octanol–water partition coefficient (Wildman–Crippen LogP) is 2.23. The van der Waals surface area contributed by atoms with Crippen LogP contribution in [0, 0.1) is 11.8 Å². The van der Waals surface area contributed by atoms with Crippen molar-refractivity contribution in [1.82, 2.24) is 19.5 Å². The molecule has 5 N–H and O–H groups in total. The predicted molar refractivity (Wildman–Crippen MR) is 140 cm³/mol. The van der Waals surface area contributed by atoms with E-state index >= 15 is 0 Å². The van der Waals surface area contributed by atoms with Crippen molar-refractivity contribution >= 4 is 43.8 Å². The molecule has 2 saturated heterocycles. The third-order valence-corrected chi connectivity index (χ3v) is 11.6. The van der Waals surface area contributed by atoms with Crippen LogP contribution in [0.25, 0.3) is 11.2 Å². The number of halogens is 1. The minimum Gasteiger partial charge on any atom is -0.387 e. The second-order valence-corrected chi connectivity index (χ2v) is 15.0. The van der Waals surface area contributed by atoms with Crippen molar-refractivity contribution in [3.05, 3.63) is 11.6 Å². The zero-order chi connectivity index (χ0) is 27.9. The monoisotopic (exact) mass is 609 g/mol. The average Bonchev–Trinajstić information content (AvgIpc) is 3.42. The number of rotatable bonds is 8. The van der Waals surface area contributed by atoms with Crippen molar-refractivity contribution in [2.24, 2.45) is 11.8 Å². The molecule has 0 spiro atoms. The van der Waals surface area contributed by atoms with Gasteiger partial charge >= 0.3 is 15.2 Å². The van der Waals surface area contributed by atoms with Gasteiger partial charge in [0.1, 0.15) is 18.3 Å². The molecule has 14 nitrogen and oxygen atoms in total. The van der Waals surface area contributed by atoms with Crippen LogP contribution in [-0.4, -0.2) is 88.3 Å². The first-order chi connectivity index (χ1) is 18.4. The molecule has 0 aromatic carbocycles. The molecule has 39 heavy (non-hydrogen) atoms. The molecule has 0 radical (unpaired) electrons. The van der Waals surface area contributed by atoms with E-state index in [1.165, 1.54) is 43.0 Å². The van der Waals surface area contributed by atoms with Crippen molar-refractivity contribution < 1.29 is 43.3 Å².